The van der Waals surface area contributed by atoms with Crippen LogP contribution in [0.4, 0.5) is 14.4 Å². The van der Waals surface area contributed by atoms with E-state index >= 15 is 0 Å². The Bertz CT molecular complexity index is 1960. The Kier molecular flexibility index (Phi) is 63.9. The number of hydrogen-bond acceptors (Lipinski definition) is 18. The van der Waals surface area contributed by atoms with Gasteiger partial charge in [-0.3, -0.25) is 33.9 Å². The maximum atomic E-state index is 11.8. The van der Waals surface area contributed by atoms with Gasteiger partial charge in [-0.15, -0.1) is 0 Å². The number of rotatable bonds is 20. The Hall–Kier alpha value is -3.19. The monoisotopic (exact) mass is 1180 g/mol. The molecule has 0 aromatic heterocycles. The van der Waals surface area contributed by atoms with Crippen LogP contribution in [0.2, 0.25) is 0 Å². The number of carbonyl (C=O) groups excluding carboxylic acids is 7. The number of ether oxygens (including phenoxy) is 6. The molecule has 1 saturated heterocycles. The number of nitrogens with zero attached hydrogens (tertiary/aromatic N) is 5. The van der Waals surface area contributed by atoms with Crippen molar-refractivity contribution in [2.24, 2.45) is 11.5 Å². The molecule has 48 heteroatoms. The predicted octanol–water partition coefficient (Wildman–Crippen LogP) is -10.1. The topological polar surface area (TPSA) is 327 Å². The quantitative estimate of drug-likeness (QED) is 0.0289. The van der Waals surface area contributed by atoms with Gasteiger partial charge >= 0.3 is 65.7 Å². The minimum absolute atomic E-state index is 0. The summed E-state index contributed by atoms with van der Waals surface area (Å²) < 4.78 is 28.6. The Morgan fingerprint density at radius 3 is 1.30 bits per heavy atom. The minimum atomic E-state index is -0.973. The average molecular weight is 1180 g/mol. The zero-order valence-electron chi connectivity index (χ0n) is 53.7. The molecule has 0 bridgehead atoms. The molecular weight excluding hydrogens is 1100 g/mol. The molecule has 0 aliphatic carbocycles. The molecule has 26 radical (unpaired) electrons. The van der Waals surface area contributed by atoms with E-state index in [1.165, 1.54) is 37.2 Å². The van der Waals surface area contributed by atoms with Crippen LogP contribution < -0.4 is 46.3 Å². The molecule has 0 unspecified atom stereocenters. The molecule has 0 spiro atoms. The number of nitrogens with two attached hydrogens (primary N) is 2. The summed E-state index contributed by atoms with van der Waals surface area (Å²) in [6.07, 6.45) is -8.57. The number of esters is 3. The first kappa shape index (κ1) is 100. The van der Waals surface area contributed by atoms with Crippen LogP contribution in [0.5, 0.6) is 0 Å². The molecule has 1 heterocycles. The van der Waals surface area contributed by atoms with E-state index in [-0.39, 0.29) is 86.2 Å². The molecule has 0 saturated carbocycles. The van der Waals surface area contributed by atoms with Crippen LogP contribution >= 0.6 is 0 Å². The van der Waals surface area contributed by atoms with Gasteiger partial charge in [0.15, 0.2) is 0 Å². The molecular formula is C39H73B24N8NaO15. The van der Waals surface area contributed by atoms with E-state index in [1.54, 1.807) is 47.6 Å². The van der Waals surface area contributed by atoms with Gasteiger partial charge in [-0.25, -0.2) is 21.0 Å². The Balaban J connectivity index is -0.000000150. The summed E-state index contributed by atoms with van der Waals surface area (Å²) in [6.45, 7) is 27.7. The summed E-state index contributed by atoms with van der Waals surface area (Å²) in [6, 6.07) is 1.69. The van der Waals surface area contributed by atoms with Gasteiger partial charge in [0.05, 0.1) is 40.5 Å². The zero-order chi connectivity index (χ0) is 68.2. The fraction of sp³-hybridized carbons (Fsp3) is 0.718. The summed E-state index contributed by atoms with van der Waals surface area (Å²) in [7, 11) is 81.0. The smallest absolute Gasteiger partial charge is 0.870 e. The van der Waals surface area contributed by atoms with Gasteiger partial charge in [-0.2, -0.15) is 5.26 Å². The van der Waals surface area contributed by atoms with Crippen LogP contribution in [-0.4, -0.2) is 349 Å². The van der Waals surface area contributed by atoms with Gasteiger partial charge in [0, 0.05) is 204 Å². The van der Waals surface area contributed by atoms with Gasteiger partial charge in [0.25, 0.3) is 0 Å². The van der Waals surface area contributed by atoms with Crippen LogP contribution in [0, 0.1) is 17.9 Å². The standard InChI is InChI=1S/C11H18N2O4.C11H22N2O4.C10H18N2O3.C3H7NO2.C3H3N.CH4O.B24.Na.H2O/c1-11(2,3)17-10(15)13(7-6-12-4)8-9(14)16-5;1-11(2,3)17-10(15)13(7-5-6-12)8-9(14)16-4;1-10(2,3)15-9(14)12-6-4-5-11-8(13)7-12;1-6-3(5)2-4;1-2-3-4;1-2;1-14(2)20(13)23(19(11)12)24(21(15(3)4)16(5)6)22(17(7)8)18(9)10;;/h6-8H2,1-3,5H3;5-8,12H2,1-4H3;4-7H2,1-3H3,(H,11,13);2,4H2,1H3;2H,1H2;2H,1H3;;;1H2/q;;;;;;;+1;/p-1. The first-order valence-electron chi connectivity index (χ1n) is 26.5. The first-order valence-corrected chi connectivity index (χ1v) is 26.5. The van der Waals surface area contributed by atoms with E-state index in [2.05, 4.69) is 31.0 Å². The molecule has 0 aromatic rings. The number of allylic oxidation sites excluding steroid dienone is 1. The van der Waals surface area contributed by atoms with E-state index in [0.717, 1.165) is 18.4 Å². The summed E-state index contributed by atoms with van der Waals surface area (Å²) in [5.41, 5.74) is 8.44. The number of carbonyl (C=O) groups is 7. The van der Waals surface area contributed by atoms with Gasteiger partial charge in [0.1, 0.15) is 36.4 Å². The number of methoxy groups -OCH3 is 3. The molecule has 1 fully saturated rings. The van der Waals surface area contributed by atoms with Crippen molar-refractivity contribution in [3.63, 3.8) is 0 Å². The van der Waals surface area contributed by atoms with Crippen molar-refractivity contribution in [3.05, 3.63) is 24.1 Å². The van der Waals surface area contributed by atoms with Crippen molar-refractivity contribution in [1.82, 2.24) is 20.0 Å². The van der Waals surface area contributed by atoms with E-state index in [0.29, 0.717) is 32.6 Å². The predicted molar refractivity (Wildman–Crippen MR) is 365 cm³/mol. The Morgan fingerprint density at radius 2 is 1.03 bits per heavy atom. The zero-order valence-corrected chi connectivity index (χ0v) is 55.7. The third kappa shape index (κ3) is 54.3. The van der Waals surface area contributed by atoms with E-state index in [1.807, 2.05) is 20.8 Å². The molecule has 1 aliphatic rings. The molecule has 1 rings (SSSR count). The summed E-state index contributed by atoms with van der Waals surface area (Å²) in [5, 5.41) is 17.2. The molecule has 0 aromatic carbocycles. The third-order valence-corrected chi connectivity index (χ3v) is 10.4. The number of hydrogen-bond donors (Lipinski definition) is 4. The Labute approximate surface area is 564 Å². The number of aliphatic hydroxyl groups is 1. The first-order chi connectivity index (χ1) is 39.0. The van der Waals surface area contributed by atoms with Gasteiger partial charge < -0.3 is 60.6 Å². The van der Waals surface area contributed by atoms with Crippen molar-refractivity contribution in [1.29, 1.82) is 5.26 Å². The molecule has 432 valence electrons. The van der Waals surface area contributed by atoms with Crippen molar-refractivity contribution >= 4 is 213 Å². The minimum Gasteiger partial charge on any atom is -0.870 e. The second kappa shape index (κ2) is 55.6. The maximum absolute atomic E-state index is 11.8. The summed E-state index contributed by atoms with van der Waals surface area (Å²) in [5.74, 6) is -1.53. The summed E-state index contributed by atoms with van der Waals surface area (Å²) in [4.78, 5) is 85.4. The number of nitrogens with one attached hydrogen (secondary N) is 1. The van der Waals surface area contributed by atoms with Crippen LogP contribution in [-0.2, 0) is 47.6 Å². The van der Waals surface area contributed by atoms with E-state index in [9.17, 15) is 33.6 Å². The SMILES string of the molecule is C=CC#N.CC(C)(C)OC(=O)N1CCCNC(=O)C1.CO.COC(=O)CN.COC(=O)CN(CCCN)C(=O)OC(C)(C)C.[B]B([B])B([B])B(B([B])[B])B(B(B([B])[B])B([B])[B])B(B([B])[B])B([B])[B].[C-]#[N+]CCN(CC(=O)OC)C(=O)OC(C)(C)C.[Na+].[OH-]. The Morgan fingerprint density at radius 1 is 0.678 bits per heavy atom. The van der Waals surface area contributed by atoms with E-state index in [4.69, 9.17) is 143 Å². The van der Waals surface area contributed by atoms with Gasteiger partial charge in [-0.1, -0.05) is 6.58 Å². The maximum Gasteiger partial charge on any atom is 1.00 e. The van der Waals surface area contributed by atoms with Gasteiger partial charge in [-0.05, 0) is 81.7 Å². The fourth-order valence-corrected chi connectivity index (χ4v) is 6.72. The third-order valence-electron chi connectivity index (χ3n) is 10.4. The normalized spacial score (nSPS) is 10.6. The summed E-state index contributed by atoms with van der Waals surface area (Å²) >= 11 is 0. The number of nitriles is 1. The fourth-order valence-electron chi connectivity index (χ4n) is 6.72. The van der Waals surface area contributed by atoms with E-state index < -0.39 is 117 Å². The van der Waals surface area contributed by atoms with Crippen LogP contribution in [0.15, 0.2) is 12.7 Å². The average Bonchev–Trinajstić information content (AvgIpc) is 2.75. The molecule has 0 atom stereocenters. The van der Waals surface area contributed by atoms with Crippen LogP contribution in [0.25, 0.3) is 4.85 Å². The molecule has 7 N–H and O–H groups in total. The number of aliphatic hydroxyl groups excluding tert-OH is 1. The largest absolute Gasteiger partial charge is 1.00 e. The molecule has 1 aliphatic heterocycles. The molecule has 4 amide bonds. The van der Waals surface area contributed by atoms with Crippen molar-refractivity contribution in [2.45, 2.75) is 92.0 Å². The van der Waals surface area contributed by atoms with Crippen molar-refractivity contribution < 1.29 is 102 Å². The van der Waals surface area contributed by atoms with Gasteiger partial charge in [0.2, 0.25) is 12.5 Å². The second-order valence-electron chi connectivity index (χ2n) is 21.0. The number of amides is 4. The van der Waals surface area contributed by atoms with Crippen LogP contribution in [0.1, 0.15) is 75.2 Å². The molecule has 87 heavy (non-hydrogen) atoms. The second-order valence-corrected chi connectivity index (χ2v) is 21.0. The van der Waals surface area contributed by atoms with Crippen LogP contribution in [0.3, 0.4) is 0 Å². The van der Waals surface area contributed by atoms with Crippen molar-refractivity contribution in [2.75, 3.05) is 93.9 Å². The van der Waals surface area contributed by atoms with Crippen molar-refractivity contribution in [3.8, 4) is 6.07 Å². The molecule has 23 nitrogen and oxygen atoms in total.